The molecule has 0 radical (unpaired) electrons. The fourth-order valence-corrected chi connectivity index (χ4v) is 5.11. The highest BCUT2D eigenvalue weighted by atomic mass is 35.5. The molecule has 0 aliphatic carbocycles. The number of rotatable bonds is 3. The second kappa shape index (κ2) is 5.74. The summed E-state index contributed by atoms with van der Waals surface area (Å²) in [5.41, 5.74) is 0.620. The van der Waals surface area contributed by atoms with Crippen LogP contribution < -0.4 is 4.18 Å². The summed E-state index contributed by atoms with van der Waals surface area (Å²) >= 11 is 13.1. The monoisotopic (exact) mass is 372 g/mol. The fraction of sp³-hybridized carbons (Fsp3) is 0.0667. The Labute approximate surface area is 142 Å². The quantitative estimate of drug-likeness (QED) is 0.587. The maximum Gasteiger partial charge on any atom is 0.349 e. The molecule has 22 heavy (non-hydrogen) atoms. The number of para-hydroxylation sites is 1. The van der Waals surface area contributed by atoms with Gasteiger partial charge in [0.25, 0.3) is 0 Å². The summed E-state index contributed by atoms with van der Waals surface area (Å²) in [6.45, 7) is 1.73. The zero-order valence-corrected chi connectivity index (χ0v) is 14.5. The van der Waals surface area contributed by atoms with Gasteiger partial charge in [0.05, 0.1) is 5.02 Å². The molecule has 7 heteroatoms. The molecule has 0 aliphatic heterocycles. The second-order valence-electron chi connectivity index (χ2n) is 4.62. The Morgan fingerprint density at radius 3 is 2.55 bits per heavy atom. The van der Waals surface area contributed by atoms with Gasteiger partial charge in [0, 0.05) is 9.72 Å². The summed E-state index contributed by atoms with van der Waals surface area (Å²) in [6, 6.07) is 11.7. The van der Waals surface area contributed by atoms with Crippen molar-refractivity contribution in [2.24, 2.45) is 0 Å². The molecule has 0 N–H and O–H groups in total. The molecule has 0 unspecified atom stereocenters. The van der Waals surface area contributed by atoms with Crippen LogP contribution >= 0.6 is 34.5 Å². The first-order valence-electron chi connectivity index (χ1n) is 6.26. The highest BCUT2D eigenvalue weighted by Crippen LogP contribution is 2.37. The summed E-state index contributed by atoms with van der Waals surface area (Å²) < 4.78 is 31.2. The van der Waals surface area contributed by atoms with E-state index in [0.717, 1.165) is 21.4 Å². The number of halogens is 2. The predicted octanol–water partition coefficient (Wildman–Crippen LogP) is 5.28. The van der Waals surface area contributed by atoms with E-state index in [9.17, 15) is 8.42 Å². The number of hydrogen-bond acceptors (Lipinski definition) is 4. The Bertz CT molecular complexity index is 962. The van der Waals surface area contributed by atoms with Gasteiger partial charge in [0.2, 0.25) is 0 Å². The van der Waals surface area contributed by atoms with Crippen molar-refractivity contribution >= 4 is 54.7 Å². The number of thiophene rings is 1. The van der Waals surface area contributed by atoms with Crippen LogP contribution in [-0.4, -0.2) is 8.42 Å². The first-order valence-corrected chi connectivity index (χ1v) is 9.24. The van der Waals surface area contributed by atoms with E-state index >= 15 is 0 Å². The van der Waals surface area contributed by atoms with Crippen LogP contribution in [0.15, 0.2) is 46.7 Å². The largest absolute Gasteiger partial charge is 0.377 e. The fourth-order valence-electron chi connectivity index (χ4n) is 2.08. The lowest BCUT2D eigenvalue weighted by molar-refractivity contribution is 0.488. The molecule has 1 aromatic heterocycles. The van der Waals surface area contributed by atoms with E-state index in [-0.39, 0.29) is 15.0 Å². The van der Waals surface area contributed by atoms with Crippen LogP contribution in [-0.2, 0) is 10.1 Å². The minimum absolute atomic E-state index is 0.110. The van der Waals surface area contributed by atoms with Crippen molar-refractivity contribution in [3.63, 3.8) is 0 Å². The highest BCUT2D eigenvalue weighted by molar-refractivity contribution is 7.89. The Hall–Kier alpha value is -1.27. The summed E-state index contributed by atoms with van der Waals surface area (Å²) in [5.74, 6) is 0.110. The van der Waals surface area contributed by atoms with E-state index in [2.05, 4.69) is 0 Å². The zero-order valence-electron chi connectivity index (χ0n) is 11.3. The molecule has 1 heterocycles. The van der Waals surface area contributed by atoms with E-state index in [0.29, 0.717) is 10.6 Å². The van der Waals surface area contributed by atoms with Gasteiger partial charge in [-0.05, 0) is 48.2 Å². The van der Waals surface area contributed by atoms with Crippen molar-refractivity contribution in [2.45, 2.75) is 11.1 Å². The summed E-state index contributed by atoms with van der Waals surface area (Å²) in [7, 11) is -3.95. The van der Waals surface area contributed by atoms with Gasteiger partial charge < -0.3 is 4.18 Å². The molecule has 2 aromatic carbocycles. The van der Waals surface area contributed by atoms with Crippen LogP contribution in [0, 0.1) is 6.92 Å². The first-order chi connectivity index (χ1) is 10.4. The Morgan fingerprint density at radius 1 is 1.09 bits per heavy atom. The Kier molecular flexibility index (Phi) is 4.07. The van der Waals surface area contributed by atoms with Crippen LogP contribution in [0.3, 0.4) is 0 Å². The van der Waals surface area contributed by atoms with Gasteiger partial charge in [-0.1, -0.05) is 35.3 Å². The molecule has 0 saturated heterocycles. The third-order valence-electron chi connectivity index (χ3n) is 3.12. The molecule has 0 bridgehead atoms. The van der Waals surface area contributed by atoms with Crippen LogP contribution in [0.25, 0.3) is 10.1 Å². The summed E-state index contributed by atoms with van der Waals surface area (Å²) in [5, 5.41) is 1.61. The van der Waals surface area contributed by atoms with Gasteiger partial charge in [-0.3, -0.25) is 0 Å². The minimum Gasteiger partial charge on any atom is -0.377 e. The van der Waals surface area contributed by atoms with Crippen molar-refractivity contribution in [1.29, 1.82) is 0 Å². The topological polar surface area (TPSA) is 43.4 Å². The maximum atomic E-state index is 12.5. The van der Waals surface area contributed by atoms with Gasteiger partial charge >= 0.3 is 10.1 Å². The lowest BCUT2D eigenvalue weighted by Gasteiger charge is -2.07. The van der Waals surface area contributed by atoms with Gasteiger partial charge in [0.1, 0.15) is 0 Å². The van der Waals surface area contributed by atoms with E-state index < -0.39 is 10.1 Å². The molecule has 3 nitrogen and oxygen atoms in total. The molecule has 0 atom stereocenters. The number of benzene rings is 2. The molecule has 0 fully saturated rings. The van der Waals surface area contributed by atoms with Crippen molar-refractivity contribution < 1.29 is 12.6 Å². The molecule has 114 valence electrons. The number of fused-ring (bicyclic) bond motifs is 1. The van der Waals surface area contributed by atoms with Gasteiger partial charge in [-0.2, -0.15) is 8.42 Å². The number of hydrogen-bond donors (Lipinski definition) is 0. The molecular formula is C15H10Cl2O3S2. The van der Waals surface area contributed by atoms with E-state index in [1.54, 1.807) is 43.3 Å². The molecule has 3 rings (SSSR count). The first kappa shape index (κ1) is 15.6. The smallest absolute Gasteiger partial charge is 0.349 e. The lowest BCUT2D eigenvalue weighted by atomic mass is 10.2. The molecular weight excluding hydrogens is 363 g/mol. The third-order valence-corrected chi connectivity index (χ3v) is 6.75. The van der Waals surface area contributed by atoms with Crippen LogP contribution in [0.1, 0.15) is 5.56 Å². The van der Waals surface area contributed by atoms with Crippen molar-refractivity contribution in [3.05, 3.63) is 58.1 Å². The van der Waals surface area contributed by atoms with E-state index in [1.165, 1.54) is 6.07 Å². The number of aryl methyl sites for hydroxylation is 1. The minimum atomic E-state index is -3.95. The molecule has 0 saturated carbocycles. The van der Waals surface area contributed by atoms with Gasteiger partial charge in [-0.15, -0.1) is 11.3 Å². The maximum absolute atomic E-state index is 12.5. The molecule has 3 aromatic rings. The highest BCUT2D eigenvalue weighted by Gasteiger charge is 2.24. The average molecular weight is 373 g/mol. The summed E-state index contributed by atoms with van der Waals surface area (Å²) in [6.07, 6.45) is 0. The van der Waals surface area contributed by atoms with Crippen LogP contribution in [0.5, 0.6) is 5.75 Å². The van der Waals surface area contributed by atoms with E-state index in [1.807, 2.05) is 0 Å². The Balaban J connectivity index is 2.10. The SMILES string of the molecule is Cc1c(S(=O)(=O)Oc2ccccc2Cl)sc2ccc(Cl)cc12. The summed E-state index contributed by atoms with van der Waals surface area (Å²) in [4.78, 5) is 0. The van der Waals surface area contributed by atoms with Crippen molar-refractivity contribution in [3.8, 4) is 5.75 Å². The standard InChI is InChI=1S/C15H10Cl2O3S2/c1-9-11-8-10(16)6-7-14(11)21-15(9)22(18,19)20-13-5-3-2-4-12(13)17/h2-8H,1H3. The third kappa shape index (κ3) is 2.82. The predicted molar refractivity (Wildman–Crippen MR) is 90.8 cm³/mol. The van der Waals surface area contributed by atoms with Crippen LogP contribution in [0.4, 0.5) is 0 Å². The Morgan fingerprint density at radius 2 is 1.82 bits per heavy atom. The zero-order chi connectivity index (χ0) is 15.9. The second-order valence-corrected chi connectivity index (χ2v) is 8.26. The molecule has 0 aliphatic rings. The normalized spacial score (nSPS) is 11.8. The lowest BCUT2D eigenvalue weighted by Crippen LogP contribution is -2.09. The van der Waals surface area contributed by atoms with Crippen LogP contribution in [0.2, 0.25) is 10.0 Å². The molecule has 0 spiro atoms. The van der Waals surface area contributed by atoms with Crippen molar-refractivity contribution in [1.82, 2.24) is 0 Å². The van der Waals surface area contributed by atoms with Crippen molar-refractivity contribution in [2.75, 3.05) is 0 Å². The van der Waals surface area contributed by atoms with Gasteiger partial charge in [-0.25, -0.2) is 0 Å². The molecule has 0 amide bonds. The van der Waals surface area contributed by atoms with E-state index in [4.69, 9.17) is 27.4 Å². The average Bonchev–Trinajstić information content (AvgIpc) is 2.79. The van der Waals surface area contributed by atoms with Gasteiger partial charge in [0.15, 0.2) is 9.96 Å².